The molecule has 1 aliphatic heterocycles. The normalized spacial score (nSPS) is 19.4. The minimum Gasteiger partial charge on any atom is -0.448 e. The van der Waals surface area contributed by atoms with Crippen molar-refractivity contribution in [1.29, 1.82) is 0 Å². The fourth-order valence-electron chi connectivity index (χ4n) is 4.08. The number of alkyl halides is 1. The summed E-state index contributed by atoms with van der Waals surface area (Å²) in [5.41, 5.74) is 5.06. The van der Waals surface area contributed by atoms with Crippen molar-refractivity contribution >= 4 is 28.7 Å². The molecule has 3 nitrogen and oxygen atoms in total. The van der Waals surface area contributed by atoms with Crippen LogP contribution in [-0.2, 0) is 4.74 Å². The van der Waals surface area contributed by atoms with Crippen molar-refractivity contribution in [3.63, 3.8) is 0 Å². The van der Waals surface area contributed by atoms with Crippen molar-refractivity contribution in [2.45, 2.75) is 31.2 Å². The fraction of sp³-hybridized carbons (Fsp3) is 0.381. The summed E-state index contributed by atoms with van der Waals surface area (Å²) >= 11 is 2.37. The molecule has 2 aliphatic rings. The van der Waals surface area contributed by atoms with Gasteiger partial charge in [0.15, 0.2) is 0 Å². The molecule has 4 heteroatoms. The van der Waals surface area contributed by atoms with Crippen LogP contribution in [0.1, 0.15) is 36.3 Å². The Balaban J connectivity index is 1.52. The van der Waals surface area contributed by atoms with Crippen LogP contribution in [-0.4, -0.2) is 34.6 Å². The molecule has 2 aromatic carbocycles. The third-order valence-electron chi connectivity index (χ3n) is 5.38. The van der Waals surface area contributed by atoms with E-state index in [4.69, 9.17) is 4.74 Å². The molecule has 0 aromatic heterocycles. The Labute approximate surface area is 162 Å². The summed E-state index contributed by atoms with van der Waals surface area (Å²) in [6.45, 7) is 1.24. The predicted molar refractivity (Wildman–Crippen MR) is 108 cm³/mol. The highest BCUT2D eigenvalue weighted by atomic mass is 127. The lowest BCUT2D eigenvalue weighted by atomic mass is 9.98. The molecule has 1 unspecified atom stereocenters. The molecule has 1 saturated heterocycles. The van der Waals surface area contributed by atoms with Gasteiger partial charge in [-0.15, -0.1) is 0 Å². The average Bonchev–Trinajstić information content (AvgIpc) is 3.00. The number of rotatable bonds is 3. The summed E-state index contributed by atoms with van der Waals surface area (Å²) in [5, 5.41) is 0. The molecule has 0 N–H and O–H groups in total. The van der Waals surface area contributed by atoms with Gasteiger partial charge in [-0.2, -0.15) is 0 Å². The van der Waals surface area contributed by atoms with Crippen LogP contribution in [0.2, 0.25) is 0 Å². The van der Waals surface area contributed by atoms with E-state index in [-0.39, 0.29) is 12.0 Å². The second-order valence-corrected chi connectivity index (χ2v) is 7.68. The second kappa shape index (κ2) is 7.36. The van der Waals surface area contributed by atoms with Crippen LogP contribution >= 0.6 is 22.6 Å². The summed E-state index contributed by atoms with van der Waals surface area (Å²) in [6, 6.07) is 17.2. The molecular formula is C21H22INO2. The summed E-state index contributed by atoms with van der Waals surface area (Å²) in [4.78, 5) is 14.6. The number of carbonyl (C=O) groups is 1. The van der Waals surface area contributed by atoms with E-state index in [9.17, 15) is 4.79 Å². The molecule has 0 spiro atoms. The summed E-state index contributed by atoms with van der Waals surface area (Å²) in [5.74, 6) is 0.138. The van der Waals surface area contributed by atoms with Crippen LogP contribution in [0.4, 0.5) is 4.79 Å². The van der Waals surface area contributed by atoms with E-state index in [0.717, 1.165) is 23.8 Å². The second-order valence-electron chi connectivity index (χ2n) is 6.80. The SMILES string of the molecule is O=C(OCC1c2ccccc2-c2ccccc21)N1CCCCC1CI. The van der Waals surface area contributed by atoms with Crippen molar-refractivity contribution in [2.75, 3.05) is 17.6 Å². The van der Waals surface area contributed by atoms with Gasteiger partial charge in [-0.25, -0.2) is 4.79 Å². The molecule has 0 radical (unpaired) electrons. The molecule has 1 fully saturated rings. The third kappa shape index (κ3) is 3.16. The number of likely N-dealkylation sites (tertiary alicyclic amines) is 1. The minimum atomic E-state index is -0.150. The zero-order valence-electron chi connectivity index (χ0n) is 14.2. The monoisotopic (exact) mass is 447 g/mol. The van der Waals surface area contributed by atoms with Gasteiger partial charge in [-0.1, -0.05) is 71.1 Å². The highest BCUT2D eigenvalue weighted by Crippen LogP contribution is 2.44. The van der Waals surface area contributed by atoms with Crippen molar-refractivity contribution in [3.8, 4) is 11.1 Å². The number of fused-ring (bicyclic) bond motifs is 3. The number of carbonyl (C=O) groups excluding carboxylic acids is 1. The molecular weight excluding hydrogens is 425 g/mol. The van der Waals surface area contributed by atoms with E-state index in [0.29, 0.717) is 12.6 Å². The Bertz CT molecular complexity index is 730. The highest BCUT2D eigenvalue weighted by molar-refractivity contribution is 14.1. The number of piperidine rings is 1. The Morgan fingerprint density at radius 3 is 2.32 bits per heavy atom. The Morgan fingerprint density at radius 1 is 1.04 bits per heavy atom. The van der Waals surface area contributed by atoms with Crippen LogP contribution < -0.4 is 0 Å². The maximum Gasteiger partial charge on any atom is 0.410 e. The first-order valence-electron chi connectivity index (χ1n) is 8.97. The zero-order valence-corrected chi connectivity index (χ0v) is 16.3. The lowest BCUT2D eigenvalue weighted by Crippen LogP contribution is -2.45. The van der Waals surface area contributed by atoms with Crippen LogP contribution in [0.15, 0.2) is 48.5 Å². The van der Waals surface area contributed by atoms with E-state index in [1.165, 1.54) is 28.7 Å². The van der Waals surface area contributed by atoms with Gasteiger partial charge in [0, 0.05) is 22.9 Å². The fourth-order valence-corrected chi connectivity index (χ4v) is 4.99. The quantitative estimate of drug-likeness (QED) is 0.477. The number of hydrogen-bond donors (Lipinski definition) is 0. The van der Waals surface area contributed by atoms with Gasteiger partial charge < -0.3 is 9.64 Å². The standard InChI is InChI=1S/C21H22INO2/c22-13-15-7-5-6-12-23(15)21(24)25-14-20-18-10-3-1-8-16(18)17-9-2-4-11-19(17)20/h1-4,8-11,15,20H,5-7,12-14H2. The van der Waals surface area contributed by atoms with Gasteiger partial charge in [0.05, 0.1) is 0 Å². The highest BCUT2D eigenvalue weighted by Gasteiger charge is 2.31. The molecule has 1 amide bonds. The summed E-state index contributed by atoms with van der Waals surface area (Å²) < 4.78 is 6.77. The van der Waals surface area contributed by atoms with E-state index in [1.54, 1.807) is 0 Å². The molecule has 2 aromatic rings. The Morgan fingerprint density at radius 2 is 1.68 bits per heavy atom. The molecule has 1 atom stereocenters. The zero-order chi connectivity index (χ0) is 17.2. The first-order chi connectivity index (χ1) is 12.3. The van der Waals surface area contributed by atoms with Gasteiger partial charge in [-0.3, -0.25) is 0 Å². The molecule has 25 heavy (non-hydrogen) atoms. The van der Waals surface area contributed by atoms with Crippen molar-refractivity contribution in [3.05, 3.63) is 59.7 Å². The molecule has 0 bridgehead atoms. The molecule has 1 heterocycles. The maximum atomic E-state index is 12.6. The van der Waals surface area contributed by atoms with Crippen LogP contribution in [0.5, 0.6) is 0 Å². The molecule has 0 saturated carbocycles. The van der Waals surface area contributed by atoms with Crippen molar-refractivity contribution < 1.29 is 9.53 Å². The number of ether oxygens (including phenoxy) is 1. The number of benzene rings is 2. The van der Waals surface area contributed by atoms with Gasteiger partial charge >= 0.3 is 6.09 Å². The van der Waals surface area contributed by atoms with Crippen LogP contribution in [0, 0.1) is 0 Å². The summed E-state index contributed by atoms with van der Waals surface area (Å²) in [7, 11) is 0. The Kier molecular flexibility index (Phi) is 4.97. The number of hydrogen-bond acceptors (Lipinski definition) is 2. The van der Waals surface area contributed by atoms with Crippen molar-refractivity contribution in [1.82, 2.24) is 4.90 Å². The number of amides is 1. The van der Waals surface area contributed by atoms with Crippen LogP contribution in [0.25, 0.3) is 11.1 Å². The largest absolute Gasteiger partial charge is 0.448 e. The predicted octanol–water partition coefficient (Wildman–Crippen LogP) is 5.23. The van der Waals surface area contributed by atoms with Gasteiger partial charge in [0.1, 0.15) is 6.61 Å². The first kappa shape index (κ1) is 16.9. The number of halogens is 1. The molecule has 4 rings (SSSR count). The third-order valence-corrected chi connectivity index (χ3v) is 6.39. The number of nitrogens with zero attached hydrogens (tertiary/aromatic N) is 1. The van der Waals surface area contributed by atoms with E-state index in [1.807, 2.05) is 4.90 Å². The van der Waals surface area contributed by atoms with Gasteiger partial charge in [-0.05, 0) is 41.5 Å². The first-order valence-corrected chi connectivity index (χ1v) is 10.5. The summed E-state index contributed by atoms with van der Waals surface area (Å²) in [6.07, 6.45) is 3.23. The smallest absolute Gasteiger partial charge is 0.410 e. The lowest BCUT2D eigenvalue weighted by molar-refractivity contribution is 0.0769. The van der Waals surface area contributed by atoms with Gasteiger partial charge in [0.25, 0.3) is 0 Å². The maximum absolute atomic E-state index is 12.6. The van der Waals surface area contributed by atoms with E-state index < -0.39 is 0 Å². The van der Waals surface area contributed by atoms with Crippen LogP contribution in [0.3, 0.4) is 0 Å². The lowest BCUT2D eigenvalue weighted by Gasteiger charge is -2.34. The van der Waals surface area contributed by atoms with E-state index >= 15 is 0 Å². The van der Waals surface area contributed by atoms with Gasteiger partial charge in [0.2, 0.25) is 0 Å². The minimum absolute atomic E-state index is 0.138. The molecule has 1 aliphatic carbocycles. The topological polar surface area (TPSA) is 29.5 Å². The Hall–Kier alpha value is -1.56. The van der Waals surface area contributed by atoms with E-state index in [2.05, 4.69) is 71.1 Å². The average molecular weight is 447 g/mol. The van der Waals surface area contributed by atoms with Crippen molar-refractivity contribution in [2.24, 2.45) is 0 Å². The molecule has 130 valence electrons.